The fraction of sp³-hybridized carbons (Fsp3) is 0.278. The van der Waals surface area contributed by atoms with Crippen molar-refractivity contribution in [3.05, 3.63) is 53.6 Å². The third-order valence-corrected chi connectivity index (χ3v) is 4.38. The number of carbonyl (C=O) groups is 1. The van der Waals surface area contributed by atoms with Gasteiger partial charge in [-0.3, -0.25) is 4.79 Å². The van der Waals surface area contributed by atoms with E-state index < -0.39 is 0 Å². The lowest BCUT2D eigenvalue weighted by Gasteiger charge is -2.18. The Hall–Kier alpha value is -2.49. The van der Waals surface area contributed by atoms with Gasteiger partial charge >= 0.3 is 0 Å². The van der Waals surface area contributed by atoms with Crippen LogP contribution in [0, 0.1) is 0 Å². The molecule has 2 aliphatic rings. The molecule has 0 fully saturated rings. The Morgan fingerprint density at radius 3 is 2.73 bits per heavy atom. The Kier molecular flexibility index (Phi) is 3.22. The third kappa shape index (κ3) is 2.21. The summed E-state index contributed by atoms with van der Waals surface area (Å²) in [5.41, 5.74) is 5.15. The molecule has 4 rings (SSSR count). The molecular weight excluding hydrogens is 274 g/mol. The van der Waals surface area contributed by atoms with E-state index in [1.807, 2.05) is 41.3 Å². The Bertz CT molecular complexity index is 726. The average molecular weight is 293 g/mol. The van der Waals surface area contributed by atoms with Crippen LogP contribution >= 0.6 is 0 Å². The largest absolute Gasteiger partial charge is 0.383 e. The first kappa shape index (κ1) is 13.2. The number of rotatable bonds is 1. The lowest BCUT2D eigenvalue weighted by atomic mass is 10.1. The van der Waals surface area contributed by atoms with Crippen LogP contribution in [0.25, 0.3) is 0 Å². The van der Waals surface area contributed by atoms with Crippen LogP contribution in [0.15, 0.2) is 42.5 Å². The highest BCUT2D eigenvalue weighted by Gasteiger charge is 2.25. The molecule has 4 nitrogen and oxygen atoms in total. The standard InChI is InChI=1S/C18H19N3O/c22-18(21-11-8-13-4-1-2-5-17(13)21)14-6-7-15-16(12-14)20-10-3-9-19-15/h1-2,4-7,12,19-20H,3,8-11H2. The van der Waals surface area contributed by atoms with Crippen LogP contribution in [0.4, 0.5) is 17.1 Å². The molecular formula is C18H19N3O. The second kappa shape index (κ2) is 5.37. The predicted molar refractivity (Wildman–Crippen MR) is 89.9 cm³/mol. The lowest BCUT2D eigenvalue weighted by Crippen LogP contribution is -2.28. The van der Waals surface area contributed by atoms with Crippen molar-refractivity contribution in [3.8, 4) is 0 Å². The maximum absolute atomic E-state index is 12.9. The number of benzene rings is 2. The van der Waals surface area contributed by atoms with E-state index in [9.17, 15) is 4.79 Å². The number of nitrogens with one attached hydrogen (secondary N) is 2. The van der Waals surface area contributed by atoms with Gasteiger partial charge in [-0.2, -0.15) is 0 Å². The van der Waals surface area contributed by atoms with E-state index in [1.165, 1.54) is 5.56 Å². The highest BCUT2D eigenvalue weighted by Crippen LogP contribution is 2.31. The van der Waals surface area contributed by atoms with Crippen LogP contribution in [0.3, 0.4) is 0 Å². The average Bonchev–Trinajstić information content (AvgIpc) is 2.84. The molecule has 112 valence electrons. The highest BCUT2D eigenvalue weighted by molar-refractivity contribution is 6.08. The highest BCUT2D eigenvalue weighted by atomic mass is 16.2. The van der Waals surface area contributed by atoms with Gasteiger partial charge in [0.05, 0.1) is 11.4 Å². The molecule has 4 heteroatoms. The first-order valence-corrected chi connectivity index (χ1v) is 7.84. The van der Waals surface area contributed by atoms with Gasteiger partial charge in [0.2, 0.25) is 0 Å². The summed E-state index contributed by atoms with van der Waals surface area (Å²) >= 11 is 0. The van der Waals surface area contributed by atoms with Crippen LogP contribution < -0.4 is 15.5 Å². The molecule has 0 aromatic heterocycles. The zero-order valence-corrected chi connectivity index (χ0v) is 12.4. The van der Waals surface area contributed by atoms with Crippen molar-refractivity contribution in [3.63, 3.8) is 0 Å². The molecule has 0 spiro atoms. The molecule has 0 saturated heterocycles. The molecule has 0 radical (unpaired) electrons. The molecule has 0 unspecified atom stereocenters. The van der Waals surface area contributed by atoms with Crippen molar-refractivity contribution in [2.45, 2.75) is 12.8 Å². The van der Waals surface area contributed by atoms with E-state index in [4.69, 9.17) is 0 Å². The summed E-state index contributed by atoms with van der Waals surface area (Å²) in [6, 6.07) is 14.0. The summed E-state index contributed by atoms with van der Waals surface area (Å²) in [7, 11) is 0. The predicted octanol–water partition coefficient (Wildman–Crippen LogP) is 3.12. The smallest absolute Gasteiger partial charge is 0.258 e. The van der Waals surface area contributed by atoms with Gasteiger partial charge in [-0.15, -0.1) is 0 Å². The normalized spacial score (nSPS) is 16.1. The Morgan fingerprint density at radius 2 is 1.82 bits per heavy atom. The van der Waals surface area contributed by atoms with Gasteiger partial charge in [0, 0.05) is 30.9 Å². The van der Waals surface area contributed by atoms with Gasteiger partial charge in [0.25, 0.3) is 5.91 Å². The minimum Gasteiger partial charge on any atom is -0.383 e. The van der Waals surface area contributed by atoms with E-state index in [0.29, 0.717) is 0 Å². The SMILES string of the molecule is O=C(c1ccc2c(c1)NCCCN2)N1CCc2ccccc21. The summed E-state index contributed by atoms with van der Waals surface area (Å²) in [6.07, 6.45) is 2.02. The molecule has 2 aliphatic heterocycles. The molecule has 2 N–H and O–H groups in total. The second-order valence-electron chi connectivity index (χ2n) is 5.80. The van der Waals surface area contributed by atoms with Gasteiger partial charge < -0.3 is 15.5 Å². The molecule has 22 heavy (non-hydrogen) atoms. The van der Waals surface area contributed by atoms with Gasteiger partial charge in [-0.25, -0.2) is 0 Å². The molecule has 0 atom stereocenters. The fourth-order valence-electron chi connectivity index (χ4n) is 3.22. The number of nitrogens with zero attached hydrogens (tertiary/aromatic N) is 1. The zero-order valence-electron chi connectivity index (χ0n) is 12.4. The summed E-state index contributed by atoms with van der Waals surface area (Å²) in [6.45, 7) is 2.66. The molecule has 2 heterocycles. The van der Waals surface area contributed by atoms with Crippen LogP contribution in [0.2, 0.25) is 0 Å². The van der Waals surface area contributed by atoms with Gasteiger partial charge in [0.1, 0.15) is 0 Å². The van der Waals surface area contributed by atoms with Crippen LogP contribution in [-0.2, 0) is 6.42 Å². The molecule has 0 saturated carbocycles. The maximum Gasteiger partial charge on any atom is 0.258 e. The number of para-hydroxylation sites is 1. The van der Waals surface area contributed by atoms with Crippen molar-refractivity contribution >= 4 is 23.0 Å². The quantitative estimate of drug-likeness (QED) is 0.849. The minimum atomic E-state index is 0.0822. The molecule has 2 aromatic rings. The van der Waals surface area contributed by atoms with Crippen molar-refractivity contribution in [2.24, 2.45) is 0 Å². The lowest BCUT2D eigenvalue weighted by molar-refractivity contribution is 0.0989. The monoisotopic (exact) mass is 293 g/mol. The fourth-order valence-corrected chi connectivity index (χ4v) is 3.22. The van der Waals surface area contributed by atoms with Crippen molar-refractivity contribution in [2.75, 3.05) is 35.2 Å². The summed E-state index contributed by atoms with van der Waals surface area (Å²) in [4.78, 5) is 14.7. The number of carbonyl (C=O) groups excluding carboxylic acids is 1. The van der Waals surface area contributed by atoms with Crippen molar-refractivity contribution in [1.82, 2.24) is 0 Å². The van der Waals surface area contributed by atoms with E-state index in [2.05, 4.69) is 16.7 Å². The maximum atomic E-state index is 12.9. The topological polar surface area (TPSA) is 44.4 Å². The van der Waals surface area contributed by atoms with Gasteiger partial charge in [-0.05, 0) is 42.7 Å². The Balaban J connectivity index is 1.65. The number of hydrogen-bond acceptors (Lipinski definition) is 3. The molecule has 0 bridgehead atoms. The zero-order chi connectivity index (χ0) is 14.9. The summed E-state index contributed by atoms with van der Waals surface area (Å²) < 4.78 is 0. The molecule has 0 aliphatic carbocycles. The number of amides is 1. The number of fused-ring (bicyclic) bond motifs is 2. The molecule has 1 amide bonds. The third-order valence-electron chi connectivity index (χ3n) is 4.38. The van der Waals surface area contributed by atoms with Gasteiger partial charge in [-0.1, -0.05) is 18.2 Å². The second-order valence-corrected chi connectivity index (χ2v) is 5.80. The van der Waals surface area contributed by atoms with Crippen LogP contribution in [0.1, 0.15) is 22.3 Å². The van der Waals surface area contributed by atoms with Crippen LogP contribution in [-0.4, -0.2) is 25.5 Å². The van der Waals surface area contributed by atoms with Crippen molar-refractivity contribution < 1.29 is 4.79 Å². The van der Waals surface area contributed by atoms with Crippen molar-refractivity contribution in [1.29, 1.82) is 0 Å². The van der Waals surface area contributed by atoms with E-state index >= 15 is 0 Å². The van der Waals surface area contributed by atoms with E-state index in [-0.39, 0.29) is 5.91 Å². The minimum absolute atomic E-state index is 0.0822. The van der Waals surface area contributed by atoms with Gasteiger partial charge in [0.15, 0.2) is 0 Å². The first-order chi connectivity index (χ1) is 10.8. The first-order valence-electron chi connectivity index (χ1n) is 7.84. The number of anilines is 3. The van der Waals surface area contributed by atoms with E-state index in [1.54, 1.807) is 0 Å². The summed E-state index contributed by atoms with van der Waals surface area (Å²) in [5.74, 6) is 0.0822. The number of hydrogen-bond donors (Lipinski definition) is 2. The Morgan fingerprint density at radius 1 is 1.00 bits per heavy atom. The summed E-state index contributed by atoms with van der Waals surface area (Å²) in [5, 5.41) is 6.79. The van der Waals surface area contributed by atoms with Crippen LogP contribution in [0.5, 0.6) is 0 Å². The molecule has 2 aromatic carbocycles. The van der Waals surface area contributed by atoms with E-state index in [0.717, 1.165) is 55.1 Å². The Labute approximate surface area is 130 Å².